The van der Waals surface area contributed by atoms with E-state index in [1.807, 2.05) is 30.3 Å². The van der Waals surface area contributed by atoms with E-state index in [0.717, 1.165) is 5.56 Å². The molecule has 0 unspecified atom stereocenters. The standard InChI is InChI=1S/C13H17FN4O.ClH/c14-12(13(15)8-18-16-6-7-17-18)10-19-9-11-4-2-1-3-5-11;/h1-7,12-13H,8-10,15H2;1H/t12-,13-;/m0./s1. The average Bonchev–Trinajstić information content (AvgIpc) is 2.92. The van der Waals surface area contributed by atoms with Gasteiger partial charge in [0.2, 0.25) is 0 Å². The fraction of sp³-hybridized carbons (Fsp3) is 0.385. The third kappa shape index (κ3) is 5.24. The summed E-state index contributed by atoms with van der Waals surface area (Å²) in [7, 11) is 0. The summed E-state index contributed by atoms with van der Waals surface area (Å²) in [5.74, 6) is 0. The van der Waals surface area contributed by atoms with Crippen molar-refractivity contribution in [2.45, 2.75) is 25.4 Å². The van der Waals surface area contributed by atoms with Gasteiger partial charge in [-0.1, -0.05) is 30.3 Å². The summed E-state index contributed by atoms with van der Waals surface area (Å²) in [6, 6.07) is 8.94. The molecule has 2 atom stereocenters. The Morgan fingerprint density at radius 1 is 1.20 bits per heavy atom. The zero-order chi connectivity index (χ0) is 13.5. The van der Waals surface area contributed by atoms with E-state index in [0.29, 0.717) is 6.61 Å². The maximum absolute atomic E-state index is 13.8. The van der Waals surface area contributed by atoms with E-state index in [2.05, 4.69) is 10.2 Å². The van der Waals surface area contributed by atoms with Gasteiger partial charge in [-0.25, -0.2) is 4.39 Å². The Bertz CT molecular complexity index is 468. The van der Waals surface area contributed by atoms with Crippen LogP contribution in [0.25, 0.3) is 0 Å². The number of alkyl halides is 1. The zero-order valence-electron chi connectivity index (χ0n) is 10.9. The summed E-state index contributed by atoms with van der Waals surface area (Å²) < 4.78 is 19.1. The highest BCUT2D eigenvalue weighted by molar-refractivity contribution is 5.85. The van der Waals surface area contributed by atoms with Crippen LogP contribution in [0, 0.1) is 0 Å². The van der Waals surface area contributed by atoms with Gasteiger partial charge in [0.25, 0.3) is 0 Å². The third-order valence-corrected chi connectivity index (χ3v) is 2.69. The van der Waals surface area contributed by atoms with Gasteiger partial charge in [0.05, 0.1) is 38.2 Å². The largest absolute Gasteiger partial charge is 0.374 e. The average molecular weight is 301 g/mol. The van der Waals surface area contributed by atoms with E-state index < -0.39 is 12.2 Å². The zero-order valence-corrected chi connectivity index (χ0v) is 11.7. The molecule has 1 aromatic carbocycles. The molecule has 0 bridgehead atoms. The van der Waals surface area contributed by atoms with Crippen LogP contribution in [-0.4, -0.2) is 33.8 Å². The third-order valence-electron chi connectivity index (χ3n) is 2.69. The Labute approximate surface area is 123 Å². The van der Waals surface area contributed by atoms with Gasteiger partial charge in [0.1, 0.15) is 6.17 Å². The van der Waals surface area contributed by atoms with Crippen LogP contribution in [0.15, 0.2) is 42.7 Å². The SMILES string of the molecule is Cl.N[C@@H](Cn1nccn1)[C@@H](F)COCc1ccccc1. The molecule has 110 valence electrons. The smallest absolute Gasteiger partial charge is 0.140 e. The number of benzene rings is 1. The molecular weight excluding hydrogens is 283 g/mol. The van der Waals surface area contributed by atoms with Crippen LogP contribution in [0.5, 0.6) is 0 Å². The van der Waals surface area contributed by atoms with E-state index in [9.17, 15) is 4.39 Å². The lowest BCUT2D eigenvalue weighted by molar-refractivity contribution is 0.0560. The van der Waals surface area contributed by atoms with Gasteiger partial charge >= 0.3 is 0 Å². The Morgan fingerprint density at radius 3 is 2.50 bits per heavy atom. The molecule has 1 heterocycles. The molecule has 2 aromatic rings. The van der Waals surface area contributed by atoms with E-state index in [-0.39, 0.29) is 25.6 Å². The first-order valence-electron chi connectivity index (χ1n) is 6.11. The van der Waals surface area contributed by atoms with Crippen molar-refractivity contribution in [2.24, 2.45) is 5.73 Å². The highest BCUT2D eigenvalue weighted by Gasteiger charge is 2.18. The molecule has 5 nitrogen and oxygen atoms in total. The summed E-state index contributed by atoms with van der Waals surface area (Å²) in [5, 5.41) is 7.77. The van der Waals surface area contributed by atoms with Crippen LogP contribution in [0.2, 0.25) is 0 Å². The number of aromatic nitrogens is 3. The predicted octanol–water partition coefficient (Wildman–Crippen LogP) is 1.58. The molecule has 1 aromatic heterocycles. The minimum atomic E-state index is -1.24. The van der Waals surface area contributed by atoms with Crippen LogP contribution in [-0.2, 0) is 17.9 Å². The van der Waals surface area contributed by atoms with Crippen molar-refractivity contribution in [2.75, 3.05) is 6.61 Å². The first kappa shape index (κ1) is 16.6. The molecule has 0 aliphatic carbocycles. The van der Waals surface area contributed by atoms with Gasteiger partial charge in [0, 0.05) is 0 Å². The maximum Gasteiger partial charge on any atom is 0.140 e. The Morgan fingerprint density at radius 2 is 1.85 bits per heavy atom. The Hall–Kier alpha value is -1.50. The van der Waals surface area contributed by atoms with Crippen LogP contribution >= 0.6 is 12.4 Å². The van der Waals surface area contributed by atoms with E-state index in [4.69, 9.17) is 10.5 Å². The molecule has 0 saturated heterocycles. The van der Waals surface area contributed by atoms with Gasteiger partial charge in [-0.05, 0) is 5.56 Å². The highest BCUT2D eigenvalue weighted by Crippen LogP contribution is 2.04. The van der Waals surface area contributed by atoms with E-state index in [1.165, 1.54) is 17.2 Å². The van der Waals surface area contributed by atoms with Gasteiger partial charge in [-0.2, -0.15) is 15.0 Å². The quantitative estimate of drug-likeness (QED) is 0.843. The van der Waals surface area contributed by atoms with Crippen molar-refractivity contribution in [3.05, 3.63) is 48.3 Å². The summed E-state index contributed by atoms with van der Waals surface area (Å²) in [4.78, 5) is 1.37. The molecule has 0 amide bonds. The molecule has 0 radical (unpaired) electrons. The second-order valence-corrected chi connectivity index (χ2v) is 4.26. The molecule has 0 fully saturated rings. The van der Waals surface area contributed by atoms with Gasteiger partial charge in [0.15, 0.2) is 0 Å². The Balaban J connectivity index is 0.00000200. The molecule has 7 heteroatoms. The molecule has 2 N–H and O–H groups in total. The molecule has 0 aliphatic heterocycles. The lowest BCUT2D eigenvalue weighted by Crippen LogP contribution is -2.39. The fourth-order valence-electron chi connectivity index (χ4n) is 1.63. The number of rotatable bonds is 7. The van der Waals surface area contributed by atoms with Gasteiger partial charge in [-0.15, -0.1) is 12.4 Å². The van der Waals surface area contributed by atoms with Crippen molar-refractivity contribution in [1.82, 2.24) is 15.0 Å². The minimum Gasteiger partial charge on any atom is -0.374 e. The highest BCUT2D eigenvalue weighted by atomic mass is 35.5. The maximum atomic E-state index is 13.8. The fourth-order valence-corrected chi connectivity index (χ4v) is 1.63. The number of ether oxygens (including phenoxy) is 1. The number of halogens is 2. The lowest BCUT2D eigenvalue weighted by atomic mass is 10.2. The van der Waals surface area contributed by atoms with Crippen LogP contribution < -0.4 is 5.73 Å². The Kier molecular flexibility index (Phi) is 7.14. The summed E-state index contributed by atoms with van der Waals surface area (Å²) in [5.41, 5.74) is 6.74. The lowest BCUT2D eigenvalue weighted by Gasteiger charge is -2.16. The van der Waals surface area contributed by atoms with Crippen LogP contribution in [0.4, 0.5) is 4.39 Å². The number of hydrogen-bond acceptors (Lipinski definition) is 4. The number of nitrogens with zero attached hydrogens (tertiary/aromatic N) is 3. The van der Waals surface area contributed by atoms with Crippen molar-refractivity contribution in [3.63, 3.8) is 0 Å². The number of hydrogen-bond donors (Lipinski definition) is 1. The minimum absolute atomic E-state index is 0. The van der Waals surface area contributed by atoms with Crippen LogP contribution in [0.1, 0.15) is 5.56 Å². The molecular formula is C13H18ClFN4O. The first-order valence-corrected chi connectivity index (χ1v) is 6.11. The molecule has 0 saturated carbocycles. The van der Waals surface area contributed by atoms with E-state index in [1.54, 1.807) is 0 Å². The second-order valence-electron chi connectivity index (χ2n) is 4.26. The molecule has 0 aliphatic rings. The van der Waals surface area contributed by atoms with Crippen molar-refractivity contribution >= 4 is 12.4 Å². The van der Waals surface area contributed by atoms with Gasteiger partial charge in [-0.3, -0.25) is 0 Å². The predicted molar refractivity (Wildman–Crippen MR) is 76.2 cm³/mol. The second kappa shape index (κ2) is 8.63. The monoisotopic (exact) mass is 300 g/mol. The van der Waals surface area contributed by atoms with E-state index >= 15 is 0 Å². The topological polar surface area (TPSA) is 66.0 Å². The van der Waals surface area contributed by atoms with Gasteiger partial charge < -0.3 is 10.5 Å². The molecule has 20 heavy (non-hydrogen) atoms. The molecule has 2 rings (SSSR count). The van der Waals surface area contributed by atoms with Crippen LogP contribution in [0.3, 0.4) is 0 Å². The summed E-state index contributed by atoms with van der Waals surface area (Å²) >= 11 is 0. The van der Waals surface area contributed by atoms with Crippen molar-refractivity contribution < 1.29 is 9.13 Å². The molecule has 0 spiro atoms. The van der Waals surface area contributed by atoms with Crippen molar-refractivity contribution in [3.8, 4) is 0 Å². The summed E-state index contributed by atoms with van der Waals surface area (Å²) in [6.45, 7) is 0.591. The normalized spacial score (nSPS) is 13.5. The first-order chi connectivity index (χ1) is 9.25. The van der Waals surface area contributed by atoms with Crippen molar-refractivity contribution in [1.29, 1.82) is 0 Å². The number of nitrogens with two attached hydrogens (primary N) is 1. The summed E-state index contributed by atoms with van der Waals surface area (Å²) in [6.07, 6.45) is 1.83.